The van der Waals surface area contributed by atoms with Crippen molar-refractivity contribution < 1.29 is 24.5 Å². The third-order valence-electron chi connectivity index (χ3n) is 7.00. The molecule has 1 amide bonds. The molecule has 7 nitrogen and oxygen atoms in total. The highest BCUT2D eigenvalue weighted by Gasteiger charge is 2.49. The molecule has 4 atom stereocenters. The van der Waals surface area contributed by atoms with Crippen molar-refractivity contribution in [3.63, 3.8) is 0 Å². The zero-order chi connectivity index (χ0) is 23.7. The van der Waals surface area contributed by atoms with Gasteiger partial charge in [-0.2, -0.15) is 0 Å². The standard InChI is InChI=1S/C27H30N2O5/c1-18(31)4-5-19-6-8-20(9-7-19)26-22-15-28(12-2-3-13-29(22)23(26)16-30)27(32)21-10-11-24-25(14-21)34-17-33-24/h6-11,14,18,22-23,26,30-31H,2-3,12-13,15-17H2,1H3/t18-,22-,23+,26+/m0/s1. The number of aliphatic hydroxyl groups excluding tert-OH is 2. The summed E-state index contributed by atoms with van der Waals surface area (Å²) in [5.74, 6) is 7.15. The van der Waals surface area contributed by atoms with E-state index < -0.39 is 6.10 Å². The Labute approximate surface area is 199 Å². The van der Waals surface area contributed by atoms with Crippen LogP contribution in [-0.4, -0.2) is 77.1 Å². The normalized spacial score (nSPS) is 24.7. The minimum atomic E-state index is -0.665. The molecule has 0 spiro atoms. The van der Waals surface area contributed by atoms with Crippen LogP contribution in [0.4, 0.5) is 0 Å². The molecule has 3 aliphatic heterocycles. The van der Waals surface area contributed by atoms with E-state index in [0.717, 1.165) is 30.5 Å². The van der Waals surface area contributed by atoms with E-state index in [1.807, 2.05) is 17.0 Å². The zero-order valence-electron chi connectivity index (χ0n) is 19.3. The Hall–Kier alpha value is -3.05. The fourth-order valence-electron chi connectivity index (χ4n) is 5.31. The minimum absolute atomic E-state index is 0.00454. The molecule has 2 aromatic carbocycles. The number of hydrogen-bond donors (Lipinski definition) is 2. The molecule has 2 N–H and O–H groups in total. The quantitative estimate of drug-likeness (QED) is 0.681. The Kier molecular flexibility index (Phi) is 6.46. The van der Waals surface area contributed by atoms with Gasteiger partial charge in [0.15, 0.2) is 11.5 Å². The highest BCUT2D eigenvalue weighted by atomic mass is 16.7. The first-order chi connectivity index (χ1) is 16.5. The van der Waals surface area contributed by atoms with Crippen LogP contribution in [0, 0.1) is 11.8 Å². The van der Waals surface area contributed by atoms with Crippen LogP contribution in [0.5, 0.6) is 11.5 Å². The lowest BCUT2D eigenvalue weighted by molar-refractivity contribution is -0.0606. The maximum Gasteiger partial charge on any atom is 0.254 e. The van der Waals surface area contributed by atoms with Gasteiger partial charge in [-0.1, -0.05) is 24.0 Å². The molecule has 3 heterocycles. The van der Waals surface area contributed by atoms with Gasteiger partial charge < -0.3 is 24.6 Å². The first kappa shape index (κ1) is 22.7. The second-order valence-electron chi connectivity index (χ2n) is 9.17. The summed E-state index contributed by atoms with van der Waals surface area (Å²) in [7, 11) is 0. The molecule has 5 rings (SSSR count). The van der Waals surface area contributed by atoms with Crippen molar-refractivity contribution in [3.8, 4) is 23.3 Å². The number of rotatable bonds is 3. The first-order valence-electron chi connectivity index (χ1n) is 11.9. The van der Waals surface area contributed by atoms with Crippen LogP contribution in [0.25, 0.3) is 0 Å². The summed E-state index contributed by atoms with van der Waals surface area (Å²) < 4.78 is 10.8. The second-order valence-corrected chi connectivity index (χ2v) is 9.17. The van der Waals surface area contributed by atoms with Gasteiger partial charge in [0.1, 0.15) is 6.10 Å². The average Bonchev–Trinajstić information content (AvgIpc) is 3.30. The van der Waals surface area contributed by atoms with Gasteiger partial charge in [-0.25, -0.2) is 0 Å². The summed E-state index contributed by atoms with van der Waals surface area (Å²) in [6.45, 7) is 4.15. The fraction of sp³-hybridized carbons (Fsp3) is 0.444. The maximum atomic E-state index is 13.4. The number of nitrogens with zero attached hydrogens (tertiary/aromatic N) is 2. The number of carbonyl (C=O) groups is 1. The van der Waals surface area contributed by atoms with E-state index in [1.165, 1.54) is 0 Å². The molecule has 3 aliphatic rings. The molecule has 0 bridgehead atoms. The van der Waals surface area contributed by atoms with Gasteiger partial charge in [0, 0.05) is 42.2 Å². The summed E-state index contributed by atoms with van der Waals surface area (Å²) in [5.41, 5.74) is 2.59. The summed E-state index contributed by atoms with van der Waals surface area (Å²) >= 11 is 0. The van der Waals surface area contributed by atoms with Crippen LogP contribution >= 0.6 is 0 Å². The predicted octanol–water partition coefficient (Wildman–Crippen LogP) is 2.21. The Morgan fingerprint density at radius 3 is 2.65 bits per heavy atom. The molecule has 0 aliphatic carbocycles. The van der Waals surface area contributed by atoms with E-state index in [-0.39, 0.29) is 37.3 Å². The SMILES string of the molecule is C[C@H](O)C#Cc1ccc([C@H]2[C@@H](CO)N3CCCCN(C(=O)c4ccc5c(c4)OCO5)C[C@@H]23)cc1. The Morgan fingerprint density at radius 1 is 1.12 bits per heavy atom. The molecule has 2 aromatic rings. The van der Waals surface area contributed by atoms with Crippen LogP contribution < -0.4 is 9.47 Å². The van der Waals surface area contributed by atoms with Gasteiger partial charge in [0.25, 0.3) is 5.91 Å². The fourth-order valence-corrected chi connectivity index (χ4v) is 5.31. The van der Waals surface area contributed by atoms with Gasteiger partial charge in [0.2, 0.25) is 6.79 Å². The number of aliphatic hydroxyl groups is 2. The summed E-state index contributed by atoms with van der Waals surface area (Å²) in [4.78, 5) is 17.7. The molecular formula is C27H30N2O5. The summed E-state index contributed by atoms with van der Waals surface area (Å²) in [6.07, 6.45) is 1.25. The Morgan fingerprint density at radius 2 is 1.88 bits per heavy atom. The first-order valence-corrected chi connectivity index (χ1v) is 11.9. The van der Waals surface area contributed by atoms with Gasteiger partial charge in [0.05, 0.1) is 6.61 Å². The lowest BCUT2D eigenvalue weighted by Crippen LogP contribution is -2.67. The largest absolute Gasteiger partial charge is 0.454 e. The second kappa shape index (κ2) is 9.67. The number of carbonyl (C=O) groups excluding carboxylic acids is 1. The van der Waals surface area contributed by atoms with Crippen LogP contribution in [0.1, 0.15) is 47.2 Å². The van der Waals surface area contributed by atoms with Crippen molar-refractivity contribution in [2.45, 2.75) is 43.9 Å². The van der Waals surface area contributed by atoms with Crippen molar-refractivity contribution >= 4 is 5.91 Å². The number of amides is 1. The van der Waals surface area contributed by atoms with Gasteiger partial charge in [-0.3, -0.25) is 9.69 Å². The predicted molar refractivity (Wildman–Crippen MR) is 127 cm³/mol. The average molecular weight is 463 g/mol. The molecule has 34 heavy (non-hydrogen) atoms. The molecule has 0 unspecified atom stereocenters. The maximum absolute atomic E-state index is 13.4. The molecule has 0 radical (unpaired) electrons. The van der Waals surface area contributed by atoms with Gasteiger partial charge in [-0.15, -0.1) is 0 Å². The molecule has 7 heteroatoms. The third-order valence-corrected chi connectivity index (χ3v) is 7.00. The number of hydrogen-bond acceptors (Lipinski definition) is 6. The van der Waals surface area contributed by atoms with Gasteiger partial charge >= 0.3 is 0 Å². The van der Waals surface area contributed by atoms with Crippen LogP contribution in [0.2, 0.25) is 0 Å². The molecule has 0 saturated carbocycles. The van der Waals surface area contributed by atoms with Gasteiger partial charge in [-0.05, 0) is 62.2 Å². The van der Waals surface area contributed by atoms with E-state index >= 15 is 0 Å². The topological polar surface area (TPSA) is 82.5 Å². The monoisotopic (exact) mass is 462 g/mol. The lowest BCUT2D eigenvalue weighted by atomic mass is 9.74. The van der Waals surface area contributed by atoms with Crippen molar-refractivity contribution in [1.29, 1.82) is 0 Å². The summed E-state index contributed by atoms with van der Waals surface area (Å²) in [5, 5.41) is 19.6. The van der Waals surface area contributed by atoms with Crippen molar-refractivity contribution in [2.24, 2.45) is 0 Å². The van der Waals surface area contributed by atoms with Crippen LogP contribution in [0.15, 0.2) is 42.5 Å². The molecule has 0 aromatic heterocycles. The minimum Gasteiger partial charge on any atom is -0.454 e. The van der Waals surface area contributed by atoms with Crippen molar-refractivity contribution in [3.05, 3.63) is 59.2 Å². The number of ether oxygens (including phenoxy) is 2. The molecule has 2 saturated heterocycles. The van der Waals surface area contributed by atoms with E-state index in [4.69, 9.17) is 9.47 Å². The molecule has 178 valence electrons. The van der Waals surface area contributed by atoms with Crippen LogP contribution in [-0.2, 0) is 0 Å². The third kappa shape index (κ3) is 4.37. The smallest absolute Gasteiger partial charge is 0.254 e. The van der Waals surface area contributed by atoms with E-state index in [0.29, 0.717) is 30.2 Å². The molecular weight excluding hydrogens is 432 g/mol. The van der Waals surface area contributed by atoms with E-state index in [9.17, 15) is 15.0 Å². The van der Waals surface area contributed by atoms with E-state index in [2.05, 4.69) is 28.9 Å². The van der Waals surface area contributed by atoms with Crippen molar-refractivity contribution in [1.82, 2.24) is 9.80 Å². The highest BCUT2D eigenvalue weighted by molar-refractivity contribution is 5.95. The van der Waals surface area contributed by atoms with E-state index in [1.54, 1.807) is 25.1 Å². The Balaban J connectivity index is 1.37. The Bertz CT molecular complexity index is 1100. The number of fused-ring (bicyclic) bond motifs is 2. The highest BCUT2D eigenvalue weighted by Crippen LogP contribution is 2.42. The van der Waals surface area contributed by atoms with Crippen molar-refractivity contribution in [2.75, 3.05) is 33.0 Å². The molecule has 2 fully saturated rings. The summed E-state index contributed by atoms with van der Waals surface area (Å²) in [6, 6.07) is 13.6. The zero-order valence-corrected chi connectivity index (χ0v) is 19.3. The number of benzene rings is 2. The van der Waals surface area contributed by atoms with Crippen LogP contribution in [0.3, 0.4) is 0 Å². The lowest BCUT2D eigenvalue weighted by Gasteiger charge is -2.57.